The normalized spacial score (nSPS) is 13.3. The van der Waals surface area contributed by atoms with Crippen LogP contribution in [-0.4, -0.2) is 19.9 Å². The summed E-state index contributed by atoms with van der Waals surface area (Å²) in [5.41, 5.74) is 26.8. The molecule has 12 aromatic rings. The molecule has 1 radical (unpaired) electrons. The number of aromatic nitrogens is 7. The Labute approximate surface area is 630 Å². The fourth-order valence-corrected chi connectivity index (χ4v) is 14.2. The van der Waals surface area contributed by atoms with Gasteiger partial charge in [-0.25, -0.2) is 4.98 Å². The Kier molecular flexibility index (Phi) is 19.2. The van der Waals surface area contributed by atoms with Gasteiger partial charge >= 0.3 is 17.1 Å². The van der Waals surface area contributed by atoms with Crippen molar-refractivity contribution in [1.29, 1.82) is 0 Å². The van der Waals surface area contributed by atoms with Crippen molar-refractivity contribution >= 4 is 44.8 Å². The third-order valence-corrected chi connectivity index (χ3v) is 20.9. The molecule has 0 aliphatic carbocycles. The van der Waals surface area contributed by atoms with Gasteiger partial charge in [0.1, 0.15) is 0 Å². The Morgan fingerprint density at radius 2 is 0.346 bits per heavy atom. The van der Waals surface area contributed by atoms with Gasteiger partial charge in [0.15, 0.2) is 0 Å². The average molecular weight is 1410 g/mol. The molecule has 0 atom stereocenters. The van der Waals surface area contributed by atoms with Crippen molar-refractivity contribution in [3.63, 3.8) is 0 Å². The first-order chi connectivity index (χ1) is 48.1. The molecule has 8 heteroatoms. The predicted octanol–water partition coefficient (Wildman–Crippen LogP) is 25.0. The molecule has 104 heavy (non-hydrogen) atoms. The molecule has 0 fully saturated rings. The molecule has 0 spiro atoms. The van der Waals surface area contributed by atoms with Crippen molar-refractivity contribution in [2.45, 2.75) is 209 Å². The average Bonchev–Trinajstić information content (AvgIpc) is 1.57. The van der Waals surface area contributed by atoms with Crippen LogP contribution in [0, 0.1) is 0 Å². The summed E-state index contributed by atoms with van der Waals surface area (Å²) in [6.07, 6.45) is 0. The molecule has 1 aliphatic heterocycles. The van der Waals surface area contributed by atoms with Gasteiger partial charge < -0.3 is 29.9 Å². The standard InChI is InChI=1S/C96H104N7.Fe/c1-89(2,3)65-41-25-57(26-42-65)73-75(59-29-45-67(46-30-59)91(7,8)9)83-97-81(73)82-74(58-27-43-66(44-28-58)90(4,5)6)76(60-31-47-68(48-32-60)92(10,11)12)84(98-82)100-86-78(62-35-51-70(52-36-62)94(16,17)18)80(64-39-55-72(56-40-64)96(22,23)24)88(102-86)103-87-79(63-37-53-71(54-38-63)95(19,20)21)77(85(99-83)101-87)61-33-49-69(50-34-61)93(13,14)15;/h25-56H,1-24H3;/q-3;+3. The van der Waals surface area contributed by atoms with Gasteiger partial charge in [-0.1, -0.05) is 360 Å². The fraction of sp³-hybridized carbons (Fsp3) is 0.333. The van der Waals surface area contributed by atoms with Gasteiger partial charge in [-0.3, -0.25) is 0 Å². The second-order valence-electron chi connectivity index (χ2n) is 37.0. The molecule has 0 N–H and O–H groups in total. The zero-order valence-electron chi connectivity index (χ0n) is 66.0. The fourth-order valence-electron chi connectivity index (χ4n) is 14.2. The number of hydrogen-bond donors (Lipinski definition) is 0. The molecule has 8 bridgehead atoms. The summed E-state index contributed by atoms with van der Waals surface area (Å²) in [6, 6.07) is 72.3. The molecule has 13 rings (SSSR count). The van der Waals surface area contributed by atoms with Crippen molar-refractivity contribution in [1.82, 2.24) is 34.9 Å². The first-order valence-corrected chi connectivity index (χ1v) is 37.0. The van der Waals surface area contributed by atoms with Gasteiger partial charge in [0, 0.05) is 22.4 Å². The second kappa shape index (κ2) is 26.7. The van der Waals surface area contributed by atoms with E-state index >= 15 is 0 Å². The molecule has 0 unspecified atom stereocenters. The van der Waals surface area contributed by atoms with E-state index in [1.807, 2.05) is 0 Å². The Morgan fingerprint density at radius 1 is 0.183 bits per heavy atom. The van der Waals surface area contributed by atoms with E-state index in [-0.39, 0.29) is 60.4 Å². The molecule has 0 amide bonds. The molecule has 0 saturated heterocycles. The zero-order chi connectivity index (χ0) is 74.1. The van der Waals surface area contributed by atoms with Crippen LogP contribution in [0.1, 0.15) is 233 Å². The summed E-state index contributed by atoms with van der Waals surface area (Å²) >= 11 is 0. The smallest absolute Gasteiger partial charge is 0.435 e. The van der Waals surface area contributed by atoms with E-state index in [1.165, 1.54) is 44.5 Å². The summed E-state index contributed by atoms with van der Waals surface area (Å²) in [5.74, 6) is 0.963. The first-order valence-electron chi connectivity index (χ1n) is 37.0. The van der Waals surface area contributed by atoms with Crippen LogP contribution in [-0.2, 0) is 60.4 Å². The van der Waals surface area contributed by atoms with Crippen LogP contribution in [0.5, 0.6) is 0 Å². The van der Waals surface area contributed by atoms with Crippen LogP contribution in [0.15, 0.2) is 194 Å². The third-order valence-electron chi connectivity index (χ3n) is 20.9. The van der Waals surface area contributed by atoms with E-state index in [4.69, 9.17) is 34.9 Å². The second-order valence-corrected chi connectivity index (χ2v) is 37.0. The summed E-state index contributed by atoms with van der Waals surface area (Å²) in [6.45, 7) is 54.4. The minimum atomic E-state index is -0.118. The van der Waals surface area contributed by atoms with E-state index in [0.717, 1.165) is 89.0 Å². The summed E-state index contributed by atoms with van der Waals surface area (Å²) in [7, 11) is 0. The quantitative estimate of drug-likeness (QED) is 0.140. The Hall–Kier alpha value is -9.20. The van der Waals surface area contributed by atoms with Crippen LogP contribution >= 0.6 is 0 Å². The van der Waals surface area contributed by atoms with E-state index in [2.05, 4.69) is 360 Å². The molecule has 0 saturated carbocycles. The third kappa shape index (κ3) is 14.7. The summed E-state index contributed by atoms with van der Waals surface area (Å²) < 4.78 is 0. The maximum atomic E-state index is 6.07. The van der Waals surface area contributed by atoms with Crippen molar-refractivity contribution in [3.05, 3.63) is 261 Å². The van der Waals surface area contributed by atoms with Gasteiger partial charge in [0.25, 0.3) is 0 Å². The van der Waals surface area contributed by atoms with Crippen LogP contribution in [0.25, 0.3) is 112 Å². The van der Waals surface area contributed by atoms with Crippen molar-refractivity contribution in [2.75, 3.05) is 0 Å². The SMILES string of the molecule is CC(C)(C)c1ccc(C2=C(c3ccc(C(C)(C)C)cc3)c3nc2nc2[n-]c(nc4[n-]c(c(-c5ccc(C(C)(C)C)cc5)c4-c4ccc(C(C)(C)C)cc4)c4[n-]c(n3)c(-c3ccc(C(C)(C)C)cc3)c4-c3ccc(C(C)(C)C)cc3)c(-c3ccc(C(C)(C)C)cc3)c2-c2ccc(C(C)(C)C)cc2)cc1.[Fe+3]. The Morgan fingerprint density at radius 3 is 0.558 bits per heavy atom. The summed E-state index contributed by atoms with van der Waals surface area (Å²) in [4.78, 5) is 41.9. The predicted molar refractivity (Wildman–Crippen MR) is 437 cm³/mol. The van der Waals surface area contributed by atoms with E-state index < -0.39 is 0 Å². The maximum absolute atomic E-state index is 6.07. The number of hydrogen-bond acceptors (Lipinski definition) is 4. The maximum Gasteiger partial charge on any atom is 3.00 e. The van der Waals surface area contributed by atoms with Gasteiger partial charge in [0.05, 0.1) is 11.6 Å². The Balaban J connectivity index is 0.0000102. The minimum absolute atomic E-state index is 0. The number of fused-ring (bicyclic) bond motifs is 9. The monoisotopic (exact) mass is 1410 g/mol. The van der Waals surface area contributed by atoms with Crippen molar-refractivity contribution in [3.8, 4) is 66.8 Å². The molecule has 4 aromatic heterocycles. The van der Waals surface area contributed by atoms with Gasteiger partial charge in [-0.2, -0.15) is 0 Å². The van der Waals surface area contributed by atoms with Crippen molar-refractivity contribution < 1.29 is 17.1 Å². The van der Waals surface area contributed by atoms with E-state index in [0.29, 0.717) is 45.3 Å². The van der Waals surface area contributed by atoms with Gasteiger partial charge in [-0.05, 0) is 188 Å². The van der Waals surface area contributed by atoms with Crippen LogP contribution in [0.4, 0.5) is 0 Å². The molecule has 5 heterocycles. The molecule has 7 nitrogen and oxygen atoms in total. The van der Waals surface area contributed by atoms with E-state index in [1.54, 1.807) is 0 Å². The Bertz CT molecular complexity index is 5330. The molecule has 531 valence electrons. The zero-order valence-corrected chi connectivity index (χ0v) is 67.1. The first kappa shape index (κ1) is 74.5. The topological polar surface area (TPSA) is 93.9 Å². The van der Waals surface area contributed by atoms with E-state index in [9.17, 15) is 0 Å². The summed E-state index contributed by atoms with van der Waals surface area (Å²) in [5, 5.41) is 0. The number of rotatable bonds is 8. The van der Waals surface area contributed by atoms with Gasteiger partial charge in [-0.15, -0.1) is 0 Å². The van der Waals surface area contributed by atoms with Gasteiger partial charge in [0.2, 0.25) is 0 Å². The van der Waals surface area contributed by atoms with Crippen LogP contribution in [0.2, 0.25) is 0 Å². The van der Waals surface area contributed by atoms with Crippen LogP contribution in [0.3, 0.4) is 0 Å². The number of benzene rings is 8. The molecular formula is C96H104FeN7. The van der Waals surface area contributed by atoms with Crippen LogP contribution < -0.4 is 15.0 Å². The molecule has 8 aromatic carbocycles. The number of nitrogens with zero attached hydrogens (tertiary/aromatic N) is 7. The molecule has 1 aliphatic rings. The largest absolute Gasteiger partial charge is 3.00 e. The minimum Gasteiger partial charge on any atom is -0.435 e. The van der Waals surface area contributed by atoms with Crippen molar-refractivity contribution in [2.24, 2.45) is 0 Å². The molecular weight excluding hydrogens is 1310 g/mol.